The number of hydrogen-bond acceptors (Lipinski definition) is 7. The molecule has 0 radical (unpaired) electrons. The number of likely N-dealkylation sites (tertiary alicyclic amines) is 1. The summed E-state index contributed by atoms with van der Waals surface area (Å²) in [6.45, 7) is 5.07. The van der Waals surface area contributed by atoms with Gasteiger partial charge in [0.2, 0.25) is 17.6 Å². The van der Waals surface area contributed by atoms with E-state index < -0.39 is 0 Å². The van der Waals surface area contributed by atoms with Crippen molar-refractivity contribution in [1.29, 1.82) is 0 Å². The minimum atomic E-state index is 0.117. The number of benzene rings is 1. The second-order valence-electron chi connectivity index (χ2n) is 7.23. The smallest absolute Gasteiger partial charge is 0.241 e. The van der Waals surface area contributed by atoms with E-state index in [1.54, 1.807) is 7.11 Å². The van der Waals surface area contributed by atoms with Crippen molar-refractivity contribution in [2.24, 2.45) is 5.92 Å². The average Bonchev–Trinajstić information content (AvgIpc) is 3.23. The highest BCUT2D eigenvalue weighted by atomic mass is 16.5. The first-order chi connectivity index (χ1) is 13.7. The van der Waals surface area contributed by atoms with E-state index in [1.807, 2.05) is 29.2 Å². The van der Waals surface area contributed by atoms with Crippen molar-refractivity contribution in [2.45, 2.75) is 19.4 Å². The van der Waals surface area contributed by atoms with E-state index in [2.05, 4.69) is 15.0 Å². The van der Waals surface area contributed by atoms with E-state index >= 15 is 0 Å². The fourth-order valence-corrected chi connectivity index (χ4v) is 3.75. The van der Waals surface area contributed by atoms with Gasteiger partial charge in [-0.1, -0.05) is 5.16 Å². The number of piperidine rings is 1. The number of amides is 1. The monoisotopic (exact) mass is 386 g/mol. The second kappa shape index (κ2) is 8.70. The number of rotatable bonds is 5. The van der Waals surface area contributed by atoms with Crippen LogP contribution in [0.15, 0.2) is 28.8 Å². The summed E-state index contributed by atoms with van der Waals surface area (Å²) in [5.41, 5.74) is 0.894. The predicted molar refractivity (Wildman–Crippen MR) is 102 cm³/mol. The maximum Gasteiger partial charge on any atom is 0.241 e. The number of carbonyl (C=O) groups is 1. The van der Waals surface area contributed by atoms with Gasteiger partial charge in [-0.05, 0) is 50.2 Å². The molecule has 1 amide bonds. The summed E-state index contributed by atoms with van der Waals surface area (Å²) < 4.78 is 15.9. The van der Waals surface area contributed by atoms with Crippen molar-refractivity contribution in [3.8, 4) is 17.1 Å². The van der Waals surface area contributed by atoms with Crippen LogP contribution in [0.4, 0.5) is 0 Å². The standard InChI is InChI=1S/C20H26N4O4/c1-26-17-4-2-15(3-5-17)19-21-18(28-22-19)14-23-8-6-16(7-9-23)20(25)24-10-12-27-13-11-24/h2-5,16H,6-14H2,1H3. The van der Waals surface area contributed by atoms with Crippen LogP contribution in [-0.4, -0.2) is 72.4 Å². The number of carbonyl (C=O) groups excluding carboxylic acids is 1. The fourth-order valence-electron chi connectivity index (χ4n) is 3.75. The van der Waals surface area contributed by atoms with Gasteiger partial charge in [-0.3, -0.25) is 9.69 Å². The number of methoxy groups -OCH3 is 1. The van der Waals surface area contributed by atoms with Gasteiger partial charge in [0.25, 0.3) is 0 Å². The van der Waals surface area contributed by atoms with Gasteiger partial charge in [-0.25, -0.2) is 0 Å². The quantitative estimate of drug-likeness (QED) is 0.775. The van der Waals surface area contributed by atoms with Gasteiger partial charge in [0.15, 0.2) is 0 Å². The molecule has 28 heavy (non-hydrogen) atoms. The first-order valence-electron chi connectivity index (χ1n) is 9.79. The maximum atomic E-state index is 12.6. The zero-order valence-electron chi connectivity index (χ0n) is 16.2. The van der Waals surface area contributed by atoms with Gasteiger partial charge >= 0.3 is 0 Å². The highest BCUT2D eigenvalue weighted by Crippen LogP contribution is 2.23. The molecule has 150 valence electrons. The largest absolute Gasteiger partial charge is 0.497 e. The number of hydrogen-bond donors (Lipinski definition) is 0. The van der Waals surface area contributed by atoms with E-state index in [9.17, 15) is 4.79 Å². The van der Waals surface area contributed by atoms with Crippen LogP contribution in [0.1, 0.15) is 18.7 Å². The van der Waals surface area contributed by atoms with E-state index in [1.165, 1.54) is 0 Å². The molecule has 0 unspecified atom stereocenters. The second-order valence-corrected chi connectivity index (χ2v) is 7.23. The molecule has 3 heterocycles. The zero-order chi connectivity index (χ0) is 19.3. The maximum absolute atomic E-state index is 12.6. The van der Waals surface area contributed by atoms with Gasteiger partial charge in [0.1, 0.15) is 5.75 Å². The Bertz CT molecular complexity index is 778. The molecule has 2 aliphatic heterocycles. The Labute approximate surface area is 164 Å². The van der Waals surface area contributed by atoms with Crippen LogP contribution in [0.3, 0.4) is 0 Å². The normalized spacial score (nSPS) is 19.0. The molecule has 4 rings (SSSR count). The first kappa shape index (κ1) is 18.9. The molecule has 0 spiro atoms. The Morgan fingerprint density at radius 3 is 2.54 bits per heavy atom. The summed E-state index contributed by atoms with van der Waals surface area (Å²) >= 11 is 0. The molecule has 0 saturated carbocycles. The van der Waals surface area contributed by atoms with E-state index in [4.69, 9.17) is 14.0 Å². The Morgan fingerprint density at radius 2 is 1.86 bits per heavy atom. The fraction of sp³-hybridized carbons (Fsp3) is 0.550. The number of morpholine rings is 1. The third kappa shape index (κ3) is 4.34. The van der Waals surface area contributed by atoms with Gasteiger partial charge in [-0.15, -0.1) is 0 Å². The van der Waals surface area contributed by atoms with Crippen molar-refractivity contribution in [3.05, 3.63) is 30.2 Å². The molecular formula is C20H26N4O4. The molecule has 2 aromatic rings. The summed E-state index contributed by atoms with van der Waals surface area (Å²) in [4.78, 5) is 21.4. The molecule has 1 aromatic heterocycles. The molecule has 2 fully saturated rings. The topological polar surface area (TPSA) is 80.9 Å². The summed E-state index contributed by atoms with van der Waals surface area (Å²) in [7, 11) is 1.64. The summed E-state index contributed by atoms with van der Waals surface area (Å²) in [5, 5.41) is 4.09. The molecule has 2 aliphatic rings. The Hall–Kier alpha value is -2.45. The van der Waals surface area contributed by atoms with E-state index in [-0.39, 0.29) is 11.8 Å². The highest BCUT2D eigenvalue weighted by Gasteiger charge is 2.29. The zero-order valence-corrected chi connectivity index (χ0v) is 16.2. The lowest BCUT2D eigenvalue weighted by atomic mass is 9.95. The molecule has 0 atom stereocenters. The van der Waals surface area contributed by atoms with Crippen molar-refractivity contribution in [1.82, 2.24) is 19.9 Å². The molecule has 8 heteroatoms. The van der Waals surface area contributed by atoms with Crippen molar-refractivity contribution >= 4 is 5.91 Å². The summed E-state index contributed by atoms with van der Waals surface area (Å²) in [5.74, 6) is 2.37. The molecule has 1 aromatic carbocycles. The van der Waals surface area contributed by atoms with Crippen LogP contribution in [0.5, 0.6) is 5.75 Å². The van der Waals surface area contributed by atoms with Crippen LogP contribution >= 0.6 is 0 Å². The molecule has 2 saturated heterocycles. The minimum Gasteiger partial charge on any atom is -0.497 e. The third-order valence-electron chi connectivity index (χ3n) is 5.43. The third-order valence-corrected chi connectivity index (χ3v) is 5.43. The van der Waals surface area contributed by atoms with Crippen molar-refractivity contribution < 1.29 is 18.8 Å². The highest BCUT2D eigenvalue weighted by molar-refractivity contribution is 5.79. The number of nitrogens with zero attached hydrogens (tertiary/aromatic N) is 4. The lowest BCUT2D eigenvalue weighted by Gasteiger charge is -2.35. The Kier molecular flexibility index (Phi) is 5.87. The summed E-state index contributed by atoms with van der Waals surface area (Å²) in [6.07, 6.45) is 1.74. The molecule has 8 nitrogen and oxygen atoms in total. The SMILES string of the molecule is COc1ccc(-c2noc(CN3CCC(C(=O)N4CCOCC4)CC3)n2)cc1. The molecular weight excluding hydrogens is 360 g/mol. The number of aromatic nitrogens is 2. The van der Waals surface area contributed by atoms with Crippen LogP contribution in [0.25, 0.3) is 11.4 Å². The minimum absolute atomic E-state index is 0.117. The Balaban J connectivity index is 1.29. The predicted octanol–water partition coefficient (Wildman–Crippen LogP) is 1.82. The van der Waals surface area contributed by atoms with Crippen molar-refractivity contribution in [2.75, 3.05) is 46.5 Å². The summed E-state index contributed by atoms with van der Waals surface area (Å²) in [6, 6.07) is 7.58. The lowest BCUT2D eigenvalue weighted by molar-refractivity contribution is -0.141. The number of ether oxygens (including phenoxy) is 2. The van der Waals surface area contributed by atoms with Crippen LogP contribution in [-0.2, 0) is 16.1 Å². The molecule has 0 bridgehead atoms. The van der Waals surface area contributed by atoms with E-state index in [0.717, 1.165) is 50.3 Å². The molecule has 0 aliphatic carbocycles. The van der Waals surface area contributed by atoms with Crippen LogP contribution in [0.2, 0.25) is 0 Å². The molecule has 0 N–H and O–H groups in total. The van der Waals surface area contributed by atoms with Crippen LogP contribution < -0.4 is 4.74 Å². The van der Waals surface area contributed by atoms with Crippen LogP contribution in [0, 0.1) is 5.92 Å². The van der Waals surface area contributed by atoms with Gasteiger partial charge in [-0.2, -0.15) is 4.98 Å². The van der Waals surface area contributed by atoms with Crippen molar-refractivity contribution in [3.63, 3.8) is 0 Å². The first-order valence-corrected chi connectivity index (χ1v) is 9.79. The van der Waals surface area contributed by atoms with Gasteiger partial charge in [0, 0.05) is 24.6 Å². The van der Waals surface area contributed by atoms with Gasteiger partial charge < -0.3 is 18.9 Å². The Morgan fingerprint density at radius 1 is 1.14 bits per heavy atom. The van der Waals surface area contributed by atoms with E-state index in [0.29, 0.717) is 31.5 Å². The van der Waals surface area contributed by atoms with Gasteiger partial charge in [0.05, 0.1) is 26.9 Å². The lowest BCUT2D eigenvalue weighted by Crippen LogP contribution is -2.46. The average molecular weight is 386 g/mol.